The van der Waals surface area contributed by atoms with Gasteiger partial charge in [0.2, 0.25) is 0 Å². The lowest BCUT2D eigenvalue weighted by atomic mass is 9.85. The largest absolute Gasteiger partial charge is 0.375 e. The van der Waals surface area contributed by atoms with E-state index in [1.807, 2.05) is 0 Å². The number of ketones is 3. The highest BCUT2D eigenvalue weighted by Gasteiger charge is 2.35. The number of nitrogens with zero attached hydrogens (tertiary/aromatic N) is 1. The molecule has 5 rings (SSSR count). The Labute approximate surface area is 301 Å². The Balaban J connectivity index is 0.000000295. The zero-order valence-electron chi connectivity index (χ0n) is 30.3. The van der Waals surface area contributed by atoms with Crippen LogP contribution in [0.1, 0.15) is 182 Å². The molecule has 0 bridgehead atoms. The van der Waals surface area contributed by atoms with Gasteiger partial charge in [-0.1, -0.05) is 104 Å². The van der Waals surface area contributed by atoms with E-state index in [0.29, 0.717) is 23.3 Å². The van der Waals surface area contributed by atoms with Gasteiger partial charge in [-0.15, -0.1) is 0 Å². The summed E-state index contributed by atoms with van der Waals surface area (Å²) < 4.78 is -0.139. The first kappa shape index (κ1) is 43.3. The van der Waals surface area contributed by atoms with Gasteiger partial charge in [0.25, 0.3) is 0 Å². The molecule has 0 radical (unpaired) electrons. The van der Waals surface area contributed by atoms with Crippen LogP contribution in [0.15, 0.2) is 23.4 Å². The third-order valence-electron chi connectivity index (χ3n) is 9.54. The number of carbonyl (C=O) groups excluding carboxylic acids is 3. The van der Waals surface area contributed by atoms with Gasteiger partial charge in [-0.2, -0.15) is 0 Å². The molecule has 266 valence electrons. The predicted molar refractivity (Wildman–Crippen MR) is 205 cm³/mol. The SMILES string of the molecule is C1=C(N2CCCC2)CCCC1.CCCBr.CCCC1(Br)CCCCC1=O.CCCC1=CCCCC1=O.CCCC1CCCCC1=O. The minimum absolute atomic E-state index is 0.139. The zero-order valence-corrected chi connectivity index (χ0v) is 33.4. The molecule has 0 aromatic heterocycles. The summed E-state index contributed by atoms with van der Waals surface area (Å²) in [5.74, 6) is 1.76. The molecular formula is C40H69Br2NO3. The molecule has 0 amide bonds. The average molecular weight is 772 g/mol. The summed E-state index contributed by atoms with van der Waals surface area (Å²) in [5.41, 5.74) is 2.72. The summed E-state index contributed by atoms with van der Waals surface area (Å²) in [6.45, 7) is 11.2. The van der Waals surface area contributed by atoms with Gasteiger partial charge in [-0.25, -0.2) is 0 Å². The van der Waals surface area contributed by atoms with Crippen LogP contribution in [0.3, 0.4) is 0 Å². The third kappa shape index (κ3) is 18.1. The van der Waals surface area contributed by atoms with Crippen molar-refractivity contribution in [3.05, 3.63) is 23.4 Å². The number of rotatable bonds is 8. The Hall–Kier alpha value is -0.750. The molecule has 4 nitrogen and oxygen atoms in total. The Morgan fingerprint density at radius 2 is 1.41 bits per heavy atom. The number of hydrogen-bond acceptors (Lipinski definition) is 4. The summed E-state index contributed by atoms with van der Waals surface area (Å²) >= 11 is 6.82. The van der Waals surface area contributed by atoms with E-state index in [4.69, 9.17) is 0 Å². The quantitative estimate of drug-likeness (QED) is 0.231. The molecule has 0 spiro atoms. The predicted octanol–water partition coefficient (Wildman–Crippen LogP) is 12.4. The lowest BCUT2D eigenvalue weighted by Gasteiger charge is -2.29. The van der Waals surface area contributed by atoms with Crippen LogP contribution < -0.4 is 0 Å². The van der Waals surface area contributed by atoms with Crippen LogP contribution in [-0.4, -0.2) is 45.0 Å². The number of Topliss-reactive ketones (excluding diaryl/α,β-unsaturated/α-hetero) is 3. The lowest BCUT2D eigenvalue weighted by Crippen LogP contribution is -2.34. The first-order chi connectivity index (χ1) is 22.3. The molecule has 6 heteroatoms. The Bertz CT molecular complexity index is 900. The van der Waals surface area contributed by atoms with Crippen molar-refractivity contribution in [2.75, 3.05) is 18.4 Å². The van der Waals surface area contributed by atoms with E-state index < -0.39 is 0 Å². The fourth-order valence-corrected chi connectivity index (χ4v) is 7.74. The fourth-order valence-electron chi connectivity index (χ4n) is 6.86. The van der Waals surface area contributed by atoms with Crippen molar-refractivity contribution in [3.8, 4) is 0 Å². The van der Waals surface area contributed by atoms with Crippen LogP contribution in [0.5, 0.6) is 0 Å². The van der Waals surface area contributed by atoms with Gasteiger partial charge in [0.1, 0.15) is 11.6 Å². The minimum atomic E-state index is -0.139. The fraction of sp³-hybridized carbons (Fsp3) is 0.825. The lowest BCUT2D eigenvalue weighted by molar-refractivity contribution is -0.125. The van der Waals surface area contributed by atoms with Gasteiger partial charge in [0.15, 0.2) is 5.78 Å². The van der Waals surface area contributed by atoms with Gasteiger partial charge in [0, 0.05) is 49.3 Å². The Kier molecular flexibility index (Phi) is 25.5. The first-order valence-corrected chi connectivity index (χ1v) is 21.1. The summed E-state index contributed by atoms with van der Waals surface area (Å²) in [6.07, 6.45) is 32.1. The van der Waals surface area contributed by atoms with E-state index in [2.05, 4.69) is 76.6 Å². The Morgan fingerprint density at radius 1 is 0.739 bits per heavy atom. The van der Waals surface area contributed by atoms with Crippen LogP contribution in [0.25, 0.3) is 0 Å². The van der Waals surface area contributed by atoms with Crippen molar-refractivity contribution < 1.29 is 14.4 Å². The first-order valence-electron chi connectivity index (χ1n) is 19.2. The minimum Gasteiger partial charge on any atom is -0.375 e. The molecule has 1 saturated heterocycles. The van der Waals surface area contributed by atoms with E-state index in [0.717, 1.165) is 107 Å². The maximum absolute atomic E-state index is 11.5. The molecule has 0 N–H and O–H groups in total. The number of likely N-dealkylation sites (tertiary alicyclic amines) is 1. The third-order valence-corrected chi connectivity index (χ3v) is 11.6. The molecule has 5 aliphatic rings. The highest BCUT2D eigenvalue weighted by Crippen LogP contribution is 2.36. The van der Waals surface area contributed by atoms with Crippen molar-refractivity contribution in [2.45, 2.75) is 186 Å². The van der Waals surface area contributed by atoms with Crippen LogP contribution in [-0.2, 0) is 14.4 Å². The van der Waals surface area contributed by atoms with E-state index >= 15 is 0 Å². The molecule has 1 heterocycles. The van der Waals surface area contributed by atoms with Crippen molar-refractivity contribution in [2.24, 2.45) is 5.92 Å². The summed E-state index contributed by atoms with van der Waals surface area (Å²) in [7, 11) is 0. The van der Waals surface area contributed by atoms with Gasteiger partial charge >= 0.3 is 0 Å². The summed E-state index contributed by atoms with van der Waals surface area (Å²) in [5, 5.41) is 1.13. The maximum atomic E-state index is 11.5. The second kappa shape index (κ2) is 27.1. The topological polar surface area (TPSA) is 54.5 Å². The van der Waals surface area contributed by atoms with Crippen LogP contribution in [0.2, 0.25) is 0 Å². The highest BCUT2D eigenvalue weighted by atomic mass is 79.9. The number of alkyl halides is 2. The molecule has 3 fully saturated rings. The van der Waals surface area contributed by atoms with Gasteiger partial charge in [-0.05, 0) is 108 Å². The van der Waals surface area contributed by atoms with Crippen molar-refractivity contribution in [1.82, 2.24) is 4.90 Å². The van der Waals surface area contributed by atoms with Crippen molar-refractivity contribution >= 4 is 49.2 Å². The Morgan fingerprint density at radius 3 is 1.96 bits per heavy atom. The second-order valence-electron chi connectivity index (χ2n) is 13.7. The van der Waals surface area contributed by atoms with Gasteiger partial charge in [-0.3, -0.25) is 14.4 Å². The van der Waals surface area contributed by atoms with Crippen molar-refractivity contribution in [1.29, 1.82) is 0 Å². The maximum Gasteiger partial charge on any atom is 0.158 e. The number of allylic oxidation sites excluding steroid dienone is 4. The molecule has 46 heavy (non-hydrogen) atoms. The van der Waals surface area contributed by atoms with Gasteiger partial charge in [0.05, 0.1) is 4.32 Å². The monoisotopic (exact) mass is 769 g/mol. The molecule has 2 unspecified atom stereocenters. The molecule has 0 aromatic rings. The van der Waals surface area contributed by atoms with Crippen LogP contribution in [0.4, 0.5) is 0 Å². The summed E-state index contributed by atoms with van der Waals surface area (Å²) in [6, 6.07) is 0. The van der Waals surface area contributed by atoms with Crippen LogP contribution in [0, 0.1) is 5.92 Å². The van der Waals surface area contributed by atoms with E-state index in [1.54, 1.807) is 5.70 Å². The van der Waals surface area contributed by atoms with E-state index in [9.17, 15) is 14.4 Å². The molecule has 2 atom stereocenters. The average Bonchev–Trinajstić information content (AvgIpc) is 3.62. The normalized spacial score (nSPS) is 24.4. The van der Waals surface area contributed by atoms with E-state index in [-0.39, 0.29) is 4.32 Å². The van der Waals surface area contributed by atoms with Crippen molar-refractivity contribution in [3.63, 3.8) is 0 Å². The molecular weight excluding hydrogens is 702 g/mol. The molecule has 4 aliphatic carbocycles. The second-order valence-corrected chi connectivity index (χ2v) is 16.0. The smallest absolute Gasteiger partial charge is 0.158 e. The molecule has 0 aromatic carbocycles. The van der Waals surface area contributed by atoms with Gasteiger partial charge < -0.3 is 4.90 Å². The van der Waals surface area contributed by atoms with E-state index in [1.165, 1.54) is 70.9 Å². The number of carbonyl (C=O) groups is 3. The van der Waals surface area contributed by atoms with Crippen LogP contribution >= 0.6 is 31.9 Å². The number of hydrogen-bond donors (Lipinski definition) is 0. The highest BCUT2D eigenvalue weighted by molar-refractivity contribution is 9.10. The zero-order chi connectivity index (χ0) is 34.0. The molecule has 1 aliphatic heterocycles. The number of halogens is 2. The summed E-state index contributed by atoms with van der Waals surface area (Å²) in [4.78, 5) is 36.3. The standard InChI is InChI=1S/C10H17N.C9H15BrO.C9H16O.C9H14O.C3H7Br/c1-2-6-10(7-3-1)11-8-4-5-9-11;1-2-6-9(10)7-4-3-5-8(9)11;2*1-2-5-8-6-3-4-7-9(8)10;1-2-3-4/h6H,1-5,7-9H2;2-7H2,1H3;8H,2-7H2,1H3;6H,2-5,7H2,1H3;2-3H2,1H3. The molecule has 2 saturated carbocycles.